The fourth-order valence-electron chi connectivity index (χ4n) is 3.22. The van der Waals surface area contributed by atoms with Crippen molar-refractivity contribution < 1.29 is 17.9 Å². The summed E-state index contributed by atoms with van der Waals surface area (Å²) in [5.41, 5.74) is 0. The predicted molar refractivity (Wildman–Crippen MR) is 112 cm³/mol. The molecule has 2 aromatic rings. The molecule has 0 spiro atoms. The van der Waals surface area contributed by atoms with Crippen LogP contribution in [-0.2, 0) is 21.2 Å². The fraction of sp³-hybridized carbons (Fsp3) is 0.526. The number of nitrogens with zero attached hydrogens (tertiary/aromatic N) is 3. The summed E-state index contributed by atoms with van der Waals surface area (Å²) in [6, 6.07) is 5.52. The second-order valence-corrected chi connectivity index (χ2v) is 9.72. The molecule has 1 saturated heterocycles. The Balaban J connectivity index is 1.71. The van der Waals surface area contributed by atoms with Crippen LogP contribution in [0.3, 0.4) is 0 Å². The van der Waals surface area contributed by atoms with Gasteiger partial charge in [-0.05, 0) is 50.5 Å². The fourth-order valence-corrected chi connectivity index (χ4v) is 5.66. The van der Waals surface area contributed by atoms with Gasteiger partial charge in [-0.1, -0.05) is 24.7 Å². The number of rotatable bonds is 9. The van der Waals surface area contributed by atoms with Crippen molar-refractivity contribution in [2.75, 3.05) is 18.5 Å². The number of aromatic nitrogens is 2. The van der Waals surface area contributed by atoms with Gasteiger partial charge in [0.25, 0.3) is 0 Å². The van der Waals surface area contributed by atoms with Gasteiger partial charge < -0.3 is 4.74 Å². The SMILES string of the molecule is CCCCc1nnc(NC(=O)C2CCCN2S(=O)(=O)c2ccc(OCC)cc2)s1. The lowest BCUT2D eigenvalue weighted by Gasteiger charge is -2.23. The van der Waals surface area contributed by atoms with Crippen LogP contribution in [-0.4, -0.2) is 48.0 Å². The minimum Gasteiger partial charge on any atom is -0.494 e. The summed E-state index contributed by atoms with van der Waals surface area (Å²) in [5, 5.41) is 12.1. The van der Waals surface area contributed by atoms with Crippen LogP contribution >= 0.6 is 11.3 Å². The molecule has 1 fully saturated rings. The van der Waals surface area contributed by atoms with Crippen LogP contribution in [0.15, 0.2) is 29.2 Å². The standard InChI is InChI=1S/C19H26N4O4S2/c1-3-5-8-17-21-22-19(28-17)20-18(24)16-7-6-13-23(16)29(25,26)15-11-9-14(10-12-15)27-4-2/h9-12,16H,3-8,13H2,1-2H3,(H,20,22,24). The van der Waals surface area contributed by atoms with E-state index in [0.29, 0.717) is 36.9 Å². The van der Waals surface area contributed by atoms with Crippen molar-refractivity contribution in [3.8, 4) is 5.75 Å². The van der Waals surface area contributed by atoms with Gasteiger partial charge in [-0.3, -0.25) is 10.1 Å². The molecule has 3 rings (SSSR count). The molecule has 29 heavy (non-hydrogen) atoms. The molecular weight excluding hydrogens is 412 g/mol. The lowest BCUT2D eigenvalue weighted by atomic mass is 10.2. The number of nitrogens with one attached hydrogen (secondary N) is 1. The van der Waals surface area contributed by atoms with Crippen LogP contribution in [0.2, 0.25) is 0 Å². The van der Waals surface area contributed by atoms with E-state index in [1.807, 2.05) is 6.92 Å². The number of carbonyl (C=O) groups excluding carboxylic acids is 1. The molecule has 1 aliphatic heterocycles. The zero-order chi connectivity index (χ0) is 20.9. The van der Waals surface area contributed by atoms with Crippen molar-refractivity contribution in [1.29, 1.82) is 0 Å². The molecular formula is C19H26N4O4S2. The third-order valence-corrected chi connectivity index (χ3v) is 7.51. The second-order valence-electron chi connectivity index (χ2n) is 6.77. The maximum absolute atomic E-state index is 13.1. The van der Waals surface area contributed by atoms with E-state index < -0.39 is 16.1 Å². The van der Waals surface area contributed by atoms with Gasteiger partial charge in [0, 0.05) is 13.0 Å². The van der Waals surface area contributed by atoms with Gasteiger partial charge in [-0.15, -0.1) is 10.2 Å². The number of hydrogen-bond acceptors (Lipinski definition) is 7. The van der Waals surface area contributed by atoms with Crippen molar-refractivity contribution >= 4 is 32.4 Å². The van der Waals surface area contributed by atoms with E-state index in [4.69, 9.17) is 4.74 Å². The Morgan fingerprint density at radius 2 is 2.03 bits per heavy atom. The summed E-state index contributed by atoms with van der Waals surface area (Å²) in [5.74, 6) is 0.243. The second kappa shape index (κ2) is 9.64. The average Bonchev–Trinajstić information content (AvgIpc) is 3.37. The van der Waals surface area contributed by atoms with Crippen LogP contribution in [0, 0.1) is 0 Å². The molecule has 1 N–H and O–H groups in total. The number of sulfonamides is 1. The summed E-state index contributed by atoms with van der Waals surface area (Å²) < 4.78 is 32.8. The predicted octanol–water partition coefficient (Wildman–Crippen LogP) is 3.07. The number of unbranched alkanes of at least 4 members (excludes halogenated alkanes) is 1. The van der Waals surface area contributed by atoms with Gasteiger partial charge in [-0.25, -0.2) is 8.42 Å². The number of aryl methyl sites for hydroxylation is 1. The highest BCUT2D eigenvalue weighted by atomic mass is 32.2. The number of benzene rings is 1. The van der Waals surface area contributed by atoms with Gasteiger partial charge in [0.2, 0.25) is 21.1 Å². The molecule has 1 unspecified atom stereocenters. The Bertz CT molecular complexity index is 928. The topological polar surface area (TPSA) is 101 Å². The van der Waals surface area contributed by atoms with E-state index in [0.717, 1.165) is 24.3 Å². The first kappa shape index (κ1) is 21.7. The number of ether oxygens (including phenoxy) is 1. The first-order valence-electron chi connectivity index (χ1n) is 9.83. The zero-order valence-electron chi connectivity index (χ0n) is 16.6. The Kier molecular flexibility index (Phi) is 7.20. The molecule has 1 aromatic heterocycles. The molecule has 0 aliphatic carbocycles. The third-order valence-electron chi connectivity index (χ3n) is 4.69. The molecule has 8 nitrogen and oxygen atoms in total. The van der Waals surface area contributed by atoms with Gasteiger partial charge in [-0.2, -0.15) is 4.31 Å². The molecule has 1 atom stereocenters. The van der Waals surface area contributed by atoms with Crippen LogP contribution in [0.25, 0.3) is 0 Å². The zero-order valence-corrected chi connectivity index (χ0v) is 18.3. The molecule has 0 radical (unpaired) electrons. The molecule has 158 valence electrons. The summed E-state index contributed by atoms with van der Waals surface area (Å²) >= 11 is 1.34. The molecule has 10 heteroatoms. The molecule has 2 heterocycles. The maximum atomic E-state index is 13.1. The first-order chi connectivity index (χ1) is 14.0. The maximum Gasteiger partial charge on any atom is 0.244 e. The number of carbonyl (C=O) groups is 1. The summed E-state index contributed by atoms with van der Waals surface area (Å²) in [4.78, 5) is 12.9. The van der Waals surface area contributed by atoms with Crippen LogP contribution in [0.5, 0.6) is 5.75 Å². The molecule has 1 aromatic carbocycles. The highest BCUT2D eigenvalue weighted by Gasteiger charge is 2.39. The van der Waals surface area contributed by atoms with E-state index in [2.05, 4.69) is 22.4 Å². The van der Waals surface area contributed by atoms with Crippen molar-refractivity contribution in [1.82, 2.24) is 14.5 Å². The molecule has 0 bridgehead atoms. The number of amides is 1. The van der Waals surface area contributed by atoms with Crippen molar-refractivity contribution in [3.63, 3.8) is 0 Å². The summed E-state index contributed by atoms with van der Waals surface area (Å²) in [7, 11) is -3.78. The van der Waals surface area contributed by atoms with Gasteiger partial charge in [0.1, 0.15) is 16.8 Å². The highest BCUT2D eigenvalue weighted by Crippen LogP contribution is 2.28. The minimum absolute atomic E-state index is 0.151. The van der Waals surface area contributed by atoms with E-state index in [1.54, 1.807) is 12.1 Å². The Morgan fingerprint density at radius 1 is 1.28 bits per heavy atom. The van der Waals surface area contributed by atoms with Crippen LogP contribution in [0.1, 0.15) is 44.5 Å². The Hall–Kier alpha value is -2.04. The van der Waals surface area contributed by atoms with Crippen molar-refractivity contribution in [3.05, 3.63) is 29.3 Å². The van der Waals surface area contributed by atoms with E-state index in [-0.39, 0.29) is 10.8 Å². The minimum atomic E-state index is -3.78. The number of anilines is 1. The van der Waals surface area contributed by atoms with Gasteiger partial charge in [0.15, 0.2) is 0 Å². The van der Waals surface area contributed by atoms with Crippen LogP contribution in [0.4, 0.5) is 5.13 Å². The Labute approximate surface area is 175 Å². The van der Waals surface area contributed by atoms with E-state index in [9.17, 15) is 13.2 Å². The van der Waals surface area contributed by atoms with Crippen molar-refractivity contribution in [2.45, 2.75) is 56.9 Å². The molecule has 1 aliphatic rings. The Morgan fingerprint density at radius 3 is 2.72 bits per heavy atom. The normalized spacial score (nSPS) is 17.4. The largest absolute Gasteiger partial charge is 0.494 e. The monoisotopic (exact) mass is 438 g/mol. The summed E-state index contributed by atoms with van der Waals surface area (Å²) in [6.07, 6.45) is 4.00. The molecule has 0 saturated carbocycles. The highest BCUT2D eigenvalue weighted by molar-refractivity contribution is 7.89. The van der Waals surface area contributed by atoms with Crippen LogP contribution < -0.4 is 10.1 Å². The lowest BCUT2D eigenvalue weighted by Crippen LogP contribution is -2.43. The van der Waals surface area contributed by atoms with Gasteiger partial charge in [0.05, 0.1) is 11.5 Å². The first-order valence-corrected chi connectivity index (χ1v) is 12.1. The van der Waals surface area contributed by atoms with E-state index >= 15 is 0 Å². The lowest BCUT2D eigenvalue weighted by molar-refractivity contribution is -0.119. The van der Waals surface area contributed by atoms with Crippen molar-refractivity contribution in [2.24, 2.45) is 0 Å². The number of hydrogen-bond donors (Lipinski definition) is 1. The van der Waals surface area contributed by atoms with E-state index in [1.165, 1.54) is 27.8 Å². The third kappa shape index (κ3) is 5.12. The molecule has 1 amide bonds. The quantitative estimate of drug-likeness (QED) is 0.646. The van der Waals surface area contributed by atoms with Gasteiger partial charge >= 0.3 is 0 Å². The smallest absolute Gasteiger partial charge is 0.244 e. The average molecular weight is 439 g/mol. The summed E-state index contributed by atoms with van der Waals surface area (Å²) in [6.45, 7) is 4.78.